The third-order valence-corrected chi connectivity index (χ3v) is 4.86. The minimum absolute atomic E-state index is 0.00101. The number of rotatable bonds is 4. The van der Waals surface area contributed by atoms with Crippen LogP contribution in [-0.4, -0.2) is 44.2 Å². The van der Waals surface area contributed by atoms with Gasteiger partial charge in [-0.15, -0.1) is 0 Å². The smallest absolute Gasteiger partial charge is 0.317 e. The van der Waals surface area contributed by atoms with Crippen LogP contribution in [0.5, 0.6) is 5.75 Å². The summed E-state index contributed by atoms with van der Waals surface area (Å²) in [5, 5.41) is 3.01. The van der Waals surface area contributed by atoms with Crippen molar-refractivity contribution in [1.29, 1.82) is 0 Å². The highest BCUT2D eigenvalue weighted by molar-refractivity contribution is 5.74. The van der Waals surface area contributed by atoms with Crippen LogP contribution in [0.1, 0.15) is 16.7 Å². The number of nitrogens with zero attached hydrogens (tertiary/aromatic N) is 2. The molecular weight excluding hydrogens is 326 g/mol. The molecule has 3 rings (SSSR count). The van der Waals surface area contributed by atoms with Crippen LogP contribution in [0.15, 0.2) is 42.5 Å². The lowest BCUT2D eigenvalue weighted by Crippen LogP contribution is -2.51. The number of carbonyl (C=O) groups is 1. The van der Waals surface area contributed by atoms with Crippen molar-refractivity contribution in [2.45, 2.75) is 20.4 Å². The van der Waals surface area contributed by atoms with E-state index in [-0.39, 0.29) is 6.03 Å². The van der Waals surface area contributed by atoms with E-state index in [0.29, 0.717) is 6.54 Å². The van der Waals surface area contributed by atoms with Crippen molar-refractivity contribution in [2.75, 3.05) is 38.2 Å². The van der Waals surface area contributed by atoms with E-state index in [2.05, 4.69) is 42.3 Å². The number of piperazine rings is 1. The Labute approximate surface area is 155 Å². The molecule has 0 atom stereocenters. The summed E-state index contributed by atoms with van der Waals surface area (Å²) in [4.78, 5) is 16.7. The third-order valence-electron chi connectivity index (χ3n) is 4.86. The number of ether oxygens (including phenoxy) is 1. The van der Waals surface area contributed by atoms with Crippen molar-refractivity contribution in [3.05, 3.63) is 59.2 Å². The summed E-state index contributed by atoms with van der Waals surface area (Å²) >= 11 is 0. The van der Waals surface area contributed by atoms with Gasteiger partial charge in [0, 0.05) is 38.4 Å². The highest BCUT2D eigenvalue weighted by Gasteiger charge is 2.21. The average molecular weight is 353 g/mol. The summed E-state index contributed by atoms with van der Waals surface area (Å²) in [6.07, 6.45) is 0. The first kappa shape index (κ1) is 18.1. The molecule has 1 aliphatic heterocycles. The van der Waals surface area contributed by atoms with Crippen molar-refractivity contribution in [3.63, 3.8) is 0 Å². The molecule has 1 N–H and O–H groups in total. The molecule has 1 heterocycles. The van der Waals surface area contributed by atoms with Crippen molar-refractivity contribution >= 4 is 11.7 Å². The molecular formula is C21H27N3O2. The Kier molecular flexibility index (Phi) is 5.66. The molecule has 0 aliphatic carbocycles. The topological polar surface area (TPSA) is 44.8 Å². The Hall–Kier alpha value is -2.69. The fourth-order valence-corrected chi connectivity index (χ4v) is 3.34. The number of methoxy groups -OCH3 is 1. The van der Waals surface area contributed by atoms with Gasteiger partial charge in [-0.2, -0.15) is 0 Å². The molecule has 0 aromatic heterocycles. The Morgan fingerprint density at radius 2 is 1.73 bits per heavy atom. The first-order valence-electron chi connectivity index (χ1n) is 9.05. The van der Waals surface area contributed by atoms with Gasteiger partial charge in [-0.25, -0.2) is 4.79 Å². The molecule has 5 nitrogen and oxygen atoms in total. The number of hydrogen-bond donors (Lipinski definition) is 1. The quantitative estimate of drug-likeness (QED) is 0.917. The molecule has 1 saturated heterocycles. The SMILES string of the molecule is COc1ccc(CNC(=O)N2CCN(c3ccc(C)cc3C)CC2)cc1. The molecule has 0 unspecified atom stereocenters. The van der Waals surface area contributed by atoms with E-state index in [4.69, 9.17) is 4.74 Å². The van der Waals surface area contributed by atoms with Gasteiger partial charge in [0.15, 0.2) is 0 Å². The number of urea groups is 1. The molecule has 2 aromatic carbocycles. The van der Waals surface area contributed by atoms with Crippen LogP contribution in [0.2, 0.25) is 0 Å². The molecule has 0 saturated carbocycles. The van der Waals surface area contributed by atoms with Crippen molar-refractivity contribution in [1.82, 2.24) is 10.2 Å². The molecule has 2 amide bonds. The number of hydrogen-bond acceptors (Lipinski definition) is 3. The first-order valence-corrected chi connectivity index (χ1v) is 9.05. The van der Waals surface area contributed by atoms with Crippen LogP contribution in [-0.2, 0) is 6.54 Å². The largest absolute Gasteiger partial charge is 0.497 e. The van der Waals surface area contributed by atoms with E-state index in [1.807, 2.05) is 29.2 Å². The maximum Gasteiger partial charge on any atom is 0.317 e. The summed E-state index contributed by atoms with van der Waals surface area (Å²) < 4.78 is 5.15. The molecule has 0 radical (unpaired) electrons. The van der Waals surface area contributed by atoms with Gasteiger partial charge in [0.05, 0.1) is 7.11 Å². The van der Waals surface area contributed by atoms with Gasteiger partial charge in [-0.05, 0) is 43.2 Å². The van der Waals surface area contributed by atoms with E-state index in [0.717, 1.165) is 37.5 Å². The normalized spacial score (nSPS) is 14.3. The van der Waals surface area contributed by atoms with Gasteiger partial charge >= 0.3 is 6.03 Å². The molecule has 26 heavy (non-hydrogen) atoms. The lowest BCUT2D eigenvalue weighted by atomic mass is 10.1. The van der Waals surface area contributed by atoms with E-state index in [1.54, 1.807) is 7.11 Å². The second kappa shape index (κ2) is 8.13. The second-order valence-corrected chi connectivity index (χ2v) is 6.77. The van der Waals surface area contributed by atoms with Crippen molar-refractivity contribution < 1.29 is 9.53 Å². The predicted octanol–water partition coefficient (Wildman–Crippen LogP) is 3.34. The van der Waals surface area contributed by atoms with Crippen LogP contribution >= 0.6 is 0 Å². The molecule has 2 aromatic rings. The summed E-state index contributed by atoms with van der Waals surface area (Å²) in [6.45, 7) is 7.99. The molecule has 1 aliphatic rings. The Morgan fingerprint density at radius 1 is 1.04 bits per heavy atom. The zero-order chi connectivity index (χ0) is 18.5. The van der Waals surface area contributed by atoms with Gasteiger partial charge in [-0.3, -0.25) is 0 Å². The zero-order valence-electron chi connectivity index (χ0n) is 15.8. The molecule has 138 valence electrons. The minimum atomic E-state index is 0.00101. The fourth-order valence-electron chi connectivity index (χ4n) is 3.34. The summed E-state index contributed by atoms with van der Waals surface area (Å²) in [7, 11) is 1.65. The van der Waals surface area contributed by atoms with Gasteiger partial charge in [0.2, 0.25) is 0 Å². The average Bonchev–Trinajstić information content (AvgIpc) is 2.67. The number of benzene rings is 2. The van der Waals surface area contributed by atoms with E-state index in [9.17, 15) is 4.79 Å². The van der Waals surface area contributed by atoms with Gasteiger partial charge < -0.3 is 19.9 Å². The summed E-state index contributed by atoms with van der Waals surface area (Å²) in [6, 6.07) is 14.3. The van der Waals surface area contributed by atoms with Crippen LogP contribution in [0, 0.1) is 13.8 Å². The Morgan fingerprint density at radius 3 is 2.35 bits per heavy atom. The Balaban J connectivity index is 1.50. The van der Waals surface area contributed by atoms with E-state index >= 15 is 0 Å². The lowest BCUT2D eigenvalue weighted by Gasteiger charge is -2.36. The number of aryl methyl sites for hydroxylation is 2. The predicted molar refractivity (Wildman–Crippen MR) is 105 cm³/mol. The van der Waals surface area contributed by atoms with Crippen molar-refractivity contribution in [2.24, 2.45) is 0 Å². The summed E-state index contributed by atoms with van der Waals surface area (Å²) in [5.74, 6) is 0.822. The van der Waals surface area contributed by atoms with Crippen LogP contribution in [0.3, 0.4) is 0 Å². The first-order chi connectivity index (χ1) is 12.6. The zero-order valence-corrected chi connectivity index (χ0v) is 15.8. The molecule has 5 heteroatoms. The number of amides is 2. The molecule has 0 spiro atoms. The number of anilines is 1. The Bertz CT molecular complexity index is 750. The van der Waals surface area contributed by atoms with E-state index in [1.165, 1.54) is 16.8 Å². The number of carbonyl (C=O) groups excluding carboxylic acids is 1. The highest BCUT2D eigenvalue weighted by Crippen LogP contribution is 2.22. The second-order valence-electron chi connectivity index (χ2n) is 6.77. The fraction of sp³-hybridized carbons (Fsp3) is 0.381. The minimum Gasteiger partial charge on any atom is -0.497 e. The lowest BCUT2D eigenvalue weighted by molar-refractivity contribution is 0.194. The van der Waals surface area contributed by atoms with Crippen molar-refractivity contribution in [3.8, 4) is 5.75 Å². The maximum absolute atomic E-state index is 12.4. The van der Waals surface area contributed by atoms with Crippen LogP contribution in [0.25, 0.3) is 0 Å². The van der Waals surface area contributed by atoms with Crippen LogP contribution in [0.4, 0.5) is 10.5 Å². The number of nitrogens with one attached hydrogen (secondary N) is 1. The van der Waals surface area contributed by atoms with Gasteiger partial charge in [0.25, 0.3) is 0 Å². The highest BCUT2D eigenvalue weighted by atomic mass is 16.5. The maximum atomic E-state index is 12.4. The molecule has 1 fully saturated rings. The van der Waals surface area contributed by atoms with E-state index < -0.39 is 0 Å². The van der Waals surface area contributed by atoms with Gasteiger partial charge in [-0.1, -0.05) is 29.8 Å². The van der Waals surface area contributed by atoms with Crippen LogP contribution < -0.4 is 15.0 Å². The third kappa shape index (κ3) is 4.28. The van der Waals surface area contributed by atoms with Gasteiger partial charge in [0.1, 0.15) is 5.75 Å². The monoisotopic (exact) mass is 353 g/mol. The summed E-state index contributed by atoms with van der Waals surface area (Å²) in [5.41, 5.74) is 4.91. The standard InChI is InChI=1S/C21H27N3O2/c1-16-4-9-20(17(2)14-16)23-10-12-24(13-11-23)21(25)22-15-18-5-7-19(26-3)8-6-18/h4-9,14H,10-13,15H2,1-3H3,(H,22,25). The molecule has 0 bridgehead atoms.